The fourth-order valence-corrected chi connectivity index (χ4v) is 1.21. The number of esters is 1. The Morgan fingerprint density at radius 2 is 1.63 bits per heavy atom. The lowest BCUT2D eigenvalue weighted by molar-refractivity contribution is -0.165. The molecule has 0 atom stereocenters. The molecule has 0 aromatic carbocycles. The molecule has 0 aliphatic carbocycles. The molecule has 112 valence electrons. The minimum Gasteiger partial charge on any atom is -0.480 e. The van der Waals surface area contributed by atoms with Crippen molar-refractivity contribution in [3.63, 3.8) is 0 Å². The van der Waals surface area contributed by atoms with E-state index in [0.717, 1.165) is 0 Å². The van der Waals surface area contributed by atoms with Gasteiger partial charge in [-0.3, -0.25) is 0 Å². The SMILES string of the molecule is CC(C)(C)OCCC(C)(C)OC(=O)COCC(=O)O. The fraction of sp³-hybridized carbons (Fsp3) is 0.846. The predicted octanol–water partition coefficient (Wildman–Crippen LogP) is 1.61. The van der Waals surface area contributed by atoms with E-state index in [4.69, 9.17) is 14.6 Å². The van der Waals surface area contributed by atoms with Gasteiger partial charge in [-0.05, 0) is 34.6 Å². The monoisotopic (exact) mass is 276 g/mol. The summed E-state index contributed by atoms with van der Waals surface area (Å²) in [5.74, 6) is -1.70. The predicted molar refractivity (Wildman–Crippen MR) is 68.9 cm³/mol. The van der Waals surface area contributed by atoms with Crippen LogP contribution in [0.25, 0.3) is 0 Å². The van der Waals surface area contributed by atoms with Gasteiger partial charge in [-0.15, -0.1) is 0 Å². The van der Waals surface area contributed by atoms with Gasteiger partial charge in [0.1, 0.15) is 18.8 Å². The van der Waals surface area contributed by atoms with E-state index in [-0.39, 0.29) is 12.2 Å². The fourth-order valence-electron chi connectivity index (χ4n) is 1.21. The van der Waals surface area contributed by atoms with Crippen LogP contribution in [0.4, 0.5) is 0 Å². The van der Waals surface area contributed by atoms with E-state index in [9.17, 15) is 9.59 Å². The Morgan fingerprint density at radius 1 is 1.05 bits per heavy atom. The van der Waals surface area contributed by atoms with Crippen molar-refractivity contribution >= 4 is 11.9 Å². The third kappa shape index (κ3) is 11.7. The minimum atomic E-state index is -1.12. The average Bonchev–Trinajstić information content (AvgIpc) is 2.12. The normalized spacial score (nSPS) is 12.3. The van der Waals surface area contributed by atoms with Gasteiger partial charge in [0.2, 0.25) is 0 Å². The van der Waals surface area contributed by atoms with Gasteiger partial charge in [-0.2, -0.15) is 0 Å². The summed E-state index contributed by atoms with van der Waals surface area (Å²) in [6.45, 7) is 8.99. The lowest BCUT2D eigenvalue weighted by atomic mass is 10.1. The van der Waals surface area contributed by atoms with Crippen LogP contribution in [0, 0.1) is 0 Å². The van der Waals surface area contributed by atoms with Crippen molar-refractivity contribution in [3.8, 4) is 0 Å². The van der Waals surface area contributed by atoms with Crippen LogP contribution in [0.1, 0.15) is 41.0 Å². The summed E-state index contributed by atoms with van der Waals surface area (Å²) >= 11 is 0. The number of carboxylic acids is 1. The van der Waals surface area contributed by atoms with Crippen LogP contribution in [0.3, 0.4) is 0 Å². The maximum atomic E-state index is 11.4. The van der Waals surface area contributed by atoms with E-state index < -0.39 is 24.1 Å². The highest BCUT2D eigenvalue weighted by Gasteiger charge is 2.24. The summed E-state index contributed by atoms with van der Waals surface area (Å²) in [4.78, 5) is 21.6. The van der Waals surface area contributed by atoms with Gasteiger partial charge in [-0.1, -0.05) is 0 Å². The third-order valence-corrected chi connectivity index (χ3v) is 2.07. The van der Waals surface area contributed by atoms with Crippen LogP contribution < -0.4 is 0 Å². The summed E-state index contributed by atoms with van der Waals surface area (Å²) in [6.07, 6.45) is 0.551. The molecule has 0 aromatic heterocycles. The van der Waals surface area contributed by atoms with Crippen LogP contribution in [0.15, 0.2) is 0 Å². The van der Waals surface area contributed by atoms with Crippen LogP contribution in [0.5, 0.6) is 0 Å². The standard InChI is InChI=1S/C13H24O6/c1-12(2,3)18-7-6-13(4,5)19-11(16)9-17-8-10(14)15/h6-9H2,1-5H3,(H,14,15). The molecule has 0 aliphatic rings. The first-order chi connectivity index (χ1) is 8.52. The van der Waals surface area contributed by atoms with Gasteiger partial charge in [0, 0.05) is 6.42 Å². The molecular weight excluding hydrogens is 252 g/mol. The third-order valence-electron chi connectivity index (χ3n) is 2.07. The smallest absolute Gasteiger partial charge is 0.332 e. The Hall–Kier alpha value is -1.14. The number of hydrogen-bond acceptors (Lipinski definition) is 5. The Labute approximate surface area is 114 Å². The highest BCUT2D eigenvalue weighted by Crippen LogP contribution is 2.17. The summed E-state index contributed by atoms with van der Waals surface area (Å²) < 4.78 is 15.4. The number of aliphatic carboxylic acids is 1. The molecule has 0 bridgehead atoms. The topological polar surface area (TPSA) is 82.1 Å². The van der Waals surface area contributed by atoms with Crippen LogP contribution in [-0.4, -0.2) is 48.1 Å². The maximum Gasteiger partial charge on any atom is 0.332 e. The van der Waals surface area contributed by atoms with Gasteiger partial charge in [0.05, 0.1) is 12.2 Å². The summed E-state index contributed by atoms with van der Waals surface area (Å²) in [5.41, 5.74) is -0.903. The first-order valence-electron chi connectivity index (χ1n) is 6.17. The van der Waals surface area contributed by atoms with E-state index in [1.54, 1.807) is 13.8 Å². The Balaban J connectivity index is 3.93. The second kappa shape index (κ2) is 7.45. The van der Waals surface area contributed by atoms with Crippen molar-refractivity contribution in [3.05, 3.63) is 0 Å². The maximum absolute atomic E-state index is 11.4. The molecule has 0 fully saturated rings. The lowest BCUT2D eigenvalue weighted by Crippen LogP contribution is -2.33. The zero-order chi connectivity index (χ0) is 15.1. The molecule has 0 spiro atoms. The second-order valence-corrected chi connectivity index (χ2v) is 5.83. The molecular formula is C13H24O6. The minimum absolute atomic E-state index is 0.231. The van der Waals surface area contributed by atoms with Crippen molar-refractivity contribution in [1.29, 1.82) is 0 Å². The van der Waals surface area contributed by atoms with E-state index in [0.29, 0.717) is 13.0 Å². The zero-order valence-corrected chi connectivity index (χ0v) is 12.3. The van der Waals surface area contributed by atoms with E-state index >= 15 is 0 Å². The molecule has 19 heavy (non-hydrogen) atoms. The number of carbonyl (C=O) groups excluding carboxylic acids is 1. The molecule has 1 N–H and O–H groups in total. The second-order valence-electron chi connectivity index (χ2n) is 5.83. The number of carboxylic acid groups (broad SMARTS) is 1. The molecule has 0 aromatic rings. The van der Waals surface area contributed by atoms with Crippen LogP contribution >= 0.6 is 0 Å². The molecule has 6 nitrogen and oxygen atoms in total. The number of rotatable bonds is 8. The van der Waals surface area contributed by atoms with E-state index in [2.05, 4.69) is 4.74 Å². The number of carbonyl (C=O) groups is 2. The molecule has 0 saturated heterocycles. The molecule has 6 heteroatoms. The van der Waals surface area contributed by atoms with Gasteiger partial charge < -0.3 is 19.3 Å². The van der Waals surface area contributed by atoms with Crippen molar-refractivity contribution < 1.29 is 28.9 Å². The van der Waals surface area contributed by atoms with Gasteiger partial charge >= 0.3 is 11.9 Å². The molecule has 0 saturated carbocycles. The van der Waals surface area contributed by atoms with Crippen molar-refractivity contribution in [2.45, 2.75) is 52.2 Å². The molecule has 0 unspecified atom stereocenters. The Bertz CT molecular complexity index is 303. The molecule has 0 radical (unpaired) electrons. The molecule has 0 aliphatic heterocycles. The van der Waals surface area contributed by atoms with E-state index in [1.807, 2.05) is 20.8 Å². The molecule has 0 rings (SSSR count). The summed E-state index contributed by atoms with van der Waals surface area (Å²) in [5, 5.41) is 8.36. The quantitative estimate of drug-likeness (QED) is 0.678. The van der Waals surface area contributed by atoms with Crippen molar-refractivity contribution in [1.82, 2.24) is 0 Å². The van der Waals surface area contributed by atoms with Gasteiger partial charge in [0.25, 0.3) is 0 Å². The largest absolute Gasteiger partial charge is 0.480 e. The van der Waals surface area contributed by atoms with Crippen LogP contribution in [0.2, 0.25) is 0 Å². The number of ether oxygens (including phenoxy) is 3. The number of hydrogen-bond donors (Lipinski definition) is 1. The highest BCUT2D eigenvalue weighted by molar-refractivity contribution is 5.72. The summed E-state index contributed by atoms with van der Waals surface area (Å²) in [7, 11) is 0. The first-order valence-corrected chi connectivity index (χ1v) is 6.17. The Morgan fingerprint density at radius 3 is 2.11 bits per heavy atom. The summed E-state index contributed by atoms with van der Waals surface area (Å²) in [6, 6.07) is 0. The van der Waals surface area contributed by atoms with Crippen molar-refractivity contribution in [2.75, 3.05) is 19.8 Å². The lowest BCUT2D eigenvalue weighted by Gasteiger charge is -2.27. The van der Waals surface area contributed by atoms with Crippen LogP contribution in [-0.2, 0) is 23.8 Å². The van der Waals surface area contributed by atoms with Gasteiger partial charge in [0.15, 0.2) is 0 Å². The molecule has 0 amide bonds. The molecule has 0 heterocycles. The van der Waals surface area contributed by atoms with E-state index in [1.165, 1.54) is 0 Å². The zero-order valence-electron chi connectivity index (χ0n) is 12.3. The van der Waals surface area contributed by atoms with Gasteiger partial charge in [-0.25, -0.2) is 9.59 Å². The Kier molecular flexibility index (Phi) is 7.00. The van der Waals surface area contributed by atoms with Crippen molar-refractivity contribution in [2.24, 2.45) is 0 Å². The first kappa shape index (κ1) is 17.9. The average molecular weight is 276 g/mol. The highest BCUT2D eigenvalue weighted by atomic mass is 16.6.